The summed E-state index contributed by atoms with van der Waals surface area (Å²) in [6.45, 7) is 4.72. The van der Waals surface area contributed by atoms with Gasteiger partial charge in [-0.1, -0.05) is 6.92 Å². The van der Waals surface area contributed by atoms with E-state index >= 15 is 0 Å². The molecule has 0 aromatic carbocycles. The molecule has 0 aromatic heterocycles. The van der Waals surface area contributed by atoms with E-state index in [-0.39, 0.29) is 17.4 Å². The summed E-state index contributed by atoms with van der Waals surface area (Å²) in [6.07, 6.45) is 2.97. The van der Waals surface area contributed by atoms with E-state index < -0.39 is 0 Å². The predicted molar refractivity (Wildman–Crippen MR) is 65.9 cm³/mol. The number of rotatable bonds is 7. The Bertz CT molecular complexity index is 217. The van der Waals surface area contributed by atoms with E-state index in [1.807, 2.05) is 11.8 Å². The molecule has 1 fully saturated rings. The summed E-state index contributed by atoms with van der Waals surface area (Å²) in [5.41, 5.74) is 5.40. The van der Waals surface area contributed by atoms with Gasteiger partial charge in [-0.05, 0) is 37.7 Å². The van der Waals surface area contributed by atoms with E-state index in [9.17, 15) is 4.79 Å². The van der Waals surface area contributed by atoms with Gasteiger partial charge in [-0.3, -0.25) is 4.79 Å². The van der Waals surface area contributed by atoms with Gasteiger partial charge in [-0.25, -0.2) is 0 Å². The van der Waals surface area contributed by atoms with Gasteiger partial charge in [-0.15, -0.1) is 0 Å². The summed E-state index contributed by atoms with van der Waals surface area (Å²) in [5.74, 6) is 2.43. The summed E-state index contributed by atoms with van der Waals surface area (Å²) in [6, 6.07) is 0.278. The summed E-state index contributed by atoms with van der Waals surface area (Å²) < 4.78 is 0. The largest absolute Gasteiger partial charge is 0.353 e. The number of carbonyl (C=O) groups excluding carboxylic acids is 1. The molecule has 1 aliphatic rings. The minimum absolute atomic E-state index is 0.166. The van der Waals surface area contributed by atoms with E-state index in [0.717, 1.165) is 30.8 Å². The molecule has 3 nitrogen and oxygen atoms in total. The maximum Gasteiger partial charge on any atom is 0.227 e. The molecule has 1 saturated carbocycles. The second kappa shape index (κ2) is 5.75. The van der Waals surface area contributed by atoms with Crippen LogP contribution >= 0.6 is 11.8 Å². The van der Waals surface area contributed by atoms with Crippen molar-refractivity contribution in [3.05, 3.63) is 0 Å². The first-order valence-corrected chi connectivity index (χ1v) is 6.89. The van der Waals surface area contributed by atoms with Crippen molar-refractivity contribution in [2.75, 3.05) is 18.1 Å². The molecule has 0 aromatic rings. The Morgan fingerprint density at radius 1 is 1.60 bits per heavy atom. The first-order chi connectivity index (χ1) is 7.14. The fourth-order valence-corrected chi connectivity index (χ4v) is 2.34. The van der Waals surface area contributed by atoms with Crippen LogP contribution in [0.25, 0.3) is 0 Å². The quantitative estimate of drug-likeness (QED) is 0.650. The van der Waals surface area contributed by atoms with Crippen molar-refractivity contribution in [3.8, 4) is 0 Å². The third kappa shape index (κ3) is 3.68. The fourth-order valence-electron chi connectivity index (χ4n) is 1.53. The van der Waals surface area contributed by atoms with Crippen molar-refractivity contribution in [2.45, 2.75) is 39.2 Å². The Morgan fingerprint density at radius 3 is 2.73 bits per heavy atom. The van der Waals surface area contributed by atoms with Crippen LogP contribution in [0.1, 0.15) is 33.1 Å². The van der Waals surface area contributed by atoms with Crippen molar-refractivity contribution in [3.63, 3.8) is 0 Å². The average molecular weight is 230 g/mol. The van der Waals surface area contributed by atoms with Crippen LogP contribution in [0, 0.1) is 5.41 Å². The van der Waals surface area contributed by atoms with E-state index in [0.29, 0.717) is 6.54 Å². The molecule has 1 unspecified atom stereocenters. The minimum Gasteiger partial charge on any atom is -0.353 e. The Morgan fingerprint density at radius 2 is 2.27 bits per heavy atom. The van der Waals surface area contributed by atoms with Crippen LogP contribution in [-0.4, -0.2) is 30.0 Å². The first kappa shape index (κ1) is 12.8. The third-order valence-electron chi connectivity index (χ3n) is 3.00. The first-order valence-electron chi connectivity index (χ1n) is 5.73. The van der Waals surface area contributed by atoms with E-state index in [1.165, 1.54) is 0 Å². The van der Waals surface area contributed by atoms with Gasteiger partial charge in [0.15, 0.2) is 0 Å². The second-order valence-electron chi connectivity index (χ2n) is 4.34. The molecule has 1 rings (SSSR count). The molecule has 0 spiro atoms. The summed E-state index contributed by atoms with van der Waals surface area (Å²) in [5, 5.41) is 3.06. The third-order valence-corrected chi connectivity index (χ3v) is 3.94. The van der Waals surface area contributed by atoms with Crippen LogP contribution in [0.4, 0.5) is 0 Å². The van der Waals surface area contributed by atoms with Gasteiger partial charge < -0.3 is 11.1 Å². The molecule has 0 aliphatic heterocycles. The minimum atomic E-state index is -0.202. The highest BCUT2D eigenvalue weighted by Gasteiger charge is 2.48. The van der Waals surface area contributed by atoms with Gasteiger partial charge in [0.05, 0.1) is 5.41 Å². The highest BCUT2D eigenvalue weighted by atomic mass is 32.2. The van der Waals surface area contributed by atoms with Crippen molar-refractivity contribution in [1.82, 2.24) is 5.32 Å². The lowest BCUT2D eigenvalue weighted by Crippen LogP contribution is -2.41. The average Bonchev–Trinajstić information content (AvgIpc) is 2.98. The lowest BCUT2D eigenvalue weighted by atomic mass is 10.1. The van der Waals surface area contributed by atoms with Crippen molar-refractivity contribution >= 4 is 17.7 Å². The smallest absolute Gasteiger partial charge is 0.227 e. The van der Waals surface area contributed by atoms with Gasteiger partial charge in [0.2, 0.25) is 5.91 Å². The molecule has 0 radical (unpaired) electrons. The zero-order valence-electron chi connectivity index (χ0n) is 9.71. The van der Waals surface area contributed by atoms with E-state index in [2.05, 4.69) is 19.2 Å². The SMILES string of the molecule is CCSCCC(C)NC(=O)C1(CN)CC1. The Hall–Kier alpha value is -0.220. The van der Waals surface area contributed by atoms with Crippen molar-refractivity contribution in [2.24, 2.45) is 11.1 Å². The zero-order chi connectivity index (χ0) is 11.3. The summed E-state index contributed by atoms with van der Waals surface area (Å²) in [4.78, 5) is 11.8. The van der Waals surface area contributed by atoms with Crippen LogP contribution < -0.4 is 11.1 Å². The molecule has 0 bridgehead atoms. The van der Waals surface area contributed by atoms with Gasteiger partial charge in [0, 0.05) is 12.6 Å². The molecule has 15 heavy (non-hydrogen) atoms. The molecular formula is C11H22N2OS. The number of thioether (sulfide) groups is 1. The van der Waals surface area contributed by atoms with Crippen LogP contribution in [0.2, 0.25) is 0 Å². The van der Waals surface area contributed by atoms with Crippen molar-refractivity contribution < 1.29 is 4.79 Å². The molecule has 1 amide bonds. The molecular weight excluding hydrogens is 208 g/mol. The normalized spacial score (nSPS) is 19.7. The molecule has 0 saturated heterocycles. The Balaban J connectivity index is 2.20. The monoisotopic (exact) mass is 230 g/mol. The molecule has 4 heteroatoms. The van der Waals surface area contributed by atoms with E-state index in [1.54, 1.807) is 0 Å². The van der Waals surface area contributed by atoms with Crippen LogP contribution in [0.5, 0.6) is 0 Å². The number of hydrogen-bond acceptors (Lipinski definition) is 3. The lowest BCUT2D eigenvalue weighted by Gasteiger charge is -2.18. The molecule has 1 atom stereocenters. The number of nitrogens with one attached hydrogen (secondary N) is 1. The van der Waals surface area contributed by atoms with Gasteiger partial charge in [0.25, 0.3) is 0 Å². The lowest BCUT2D eigenvalue weighted by molar-refractivity contribution is -0.126. The van der Waals surface area contributed by atoms with Crippen LogP contribution in [-0.2, 0) is 4.79 Å². The molecule has 0 heterocycles. The number of nitrogens with two attached hydrogens (primary N) is 1. The fraction of sp³-hybridized carbons (Fsp3) is 0.909. The number of carbonyl (C=O) groups is 1. The standard InChI is InChI=1S/C11H22N2OS/c1-3-15-7-4-9(2)13-10(14)11(8-12)5-6-11/h9H,3-8,12H2,1-2H3,(H,13,14). The van der Waals surface area contributed by atoms with E-state index in [4.69, 9.17) is 5.73 Å². The maximum absolute atomic E-state index is 11.8. The number of hydrogen-bond donors (Lipinski definition) is 2. The number of amides is 1. The maximum atomic E-state index is 11.8. The molecule has 1 aliphatic carbocycles. The molecule has 3 N–H and O–H groups in total. The van der Waals surface area contributed by atoms with Crippen molar-refractivity contribution in [1.29, 1.82) is 0 Å². The highest BCUT2D eigenvalue weighted by molar-refractivity contribution is 7.99. The van der Waals surface area contributed by atoms with Gasteiger partial charge in [-0.2, -0.15) is 11.8 Å². The van der Waals surface area contributed by atoms with Gasteiger partial charge >= 0.3 is 0 Å². The zero-order valence-corrected chi connectivity index (χ0v) is 10.5. The second-order valence-corrected chi connectivity index (χ2v) is 5.74. The summed E-state index contributed by atoms with van der Waals surface area (Å²) >= 11 is 1.92. The highest BCUT2D eigenvalue weighted by Crippen LogP contribution is 2.44. The predicted octanol–water partition coefficient (Wildman–Crippen LogP) is 1.37. The van der Waals surface area contributed by atoms with Crippen LogP contribution in [0.15, 0.2) is 0 Å². The van der Waals surface area contributed by atoms with Gasteiger partial charge in [0.1, 0.15) is 0 Å². The Labute approximate surface area is 96.6 Å². The molecule has 88 valence electrons. The summed E-state index contributed by atoms with van der Waals surface area (Å²) in [7, 11) is 0. The Kier molecular flexibility index (Phi) is 4.93. The topological polar surface area (TPSA) is 55.1 Å². The van der Waals surface area contributed by atoms with Crippen LogP contribution in [0.3, 0.4) is 0 Å².